The van der Waals surface area contributed by atoms with Crippen LogP contribution in [0, 0.1) is 0 Å². The van der Waals surface area contributed by atoms with Crippen molar-refractivity contribution in [1.29, 1.82) is 0 Å². The molecule has 1 aromatic rings. The van der Waals surface area contributed by atoms with E-state index >= 15 is 0 Å². The summed E-state index contributed by atoms with van der Waals surface area (Å²) in [5.74, 6) is 0.500. The summed E-state index contributed by atoms with van der Waals surface area (Å²) in [5, 5.41) is 9.55. The van der Waals surface area contributed by atoms with Gasteiger partial charge in [0.15, 0.2) is 0 Å². The maximum absolute atomic E-state index is 9.55. The second-order valence-electron chi connectivity index (χ2n) is 3.41. The molecule has 2 rings (SSSR count). The van der Waals surface area contributed by atoms with Crippen LogP contribution in [0.5, 0.6) is 5.75 Å². The number of phenolic OH excluding ortho intramolecular Hbond substituents is 1. The summed E-state index contributed by atoms with van der Waals surface area (Å²) in [6.07, 6.45) is 4.52. The van der Waals surface area contributed by atoms with Crippen LogP contribution in [-0.4, -0.2) is 5.11 Å². The van der Waals surface area contributed by atoms with E-state index in [1.807, 2.05) is 6.07 Å². The third-order valence-electron chi connectivity index (χ3n) is 2.74. The second-order valence-corrected chi connectivity index (χ2v) is 3.41. The molecule has 0 aliphatic heterocycles. The highest BCUT2D eigenvalue weighted by Crippen LogP contribution is 2.32. The zero-order valence-electron chi connectivity index (χ0n) is 7.43. The largest absolute Gasteiger partial charge is 0.508 e. The highest BCUT2D eigenvalue weighted by molar-refractivity contribution is 5.46. The van der Waals surface area contributed by atoms with Crippen LogP contribution in [0.3, 0.4) is 0 Å². The van der Waals surface area contributed by atoms with Crippen LogP contribution in [0.2, 0.25) is 0 Å². The SMILES string of the molecule is CCc1ccc(O)c2c1CCC2. The van der Waals surface area contributed by atoms with Crippen LogP contribution < -0.4 is 0 Å². The summed E-state index contributed by atoms with van der Waals surface area (Å²) in [6.45, 7) is 2.17. The number of phenols is 1. The van der Waals surface area contributed by atoms with Crippen LogP contribution in [0.1, 0.15) is 30.0 Å². The van der Waals surface area contributed by atoms with Gasteiger partial charge in [0.05, 0.1) is 0 Å². The molecule has 0 aromatic heterocycles. The number of fused-ring (bicyclic) bond motifs is 1. The summed E-state index contributed by atoms with van der Waals surface area (Å²) in [4.78, 5) is 0. The molecule has 12 heavy (non-hydrogen) atoms. The van der Waals surface area contributed by atoms with Gasteiger partial charge in [-0.15, -0.1) is 0 Å². The molecular weight excluding hydrogens is 148 g/mol. The summed E-state index contributed by atoms with van der Waals surface area (Å²) >= 11 is 0. The Labute approximate surface area is 73.0 Å². The van der Waals surface area contributed by atoms with E-state index in [1.165, 1.54) is 23.1 Å². The minimum Gasteiger partial charge on any atom is -0.508 e. The maximum Gasteiger partial charge on any atom is 0.119 e. The van der Waals surface area contributed by atoms with Crippen molar-refractivity contribution in [2.24, 2.45) is 0 Å². The Morgan fingerprint density at radius 1 is 1.25 bits per heavy atom. The summed E-state index contributed by atoms with van der Waals surface area (Å²) in [5.41, 5.74) is 4.03. The van der Waals surface area contributed by atoms with E-state index in [0.717, 1.165) is 19.3 Å². The summed E-state index contributed by atoms with van der Waals surface area (Å²) in [7, 11) is 0. The monoisotopic (exact) mass is 162 g/mol. The predicted molar refractivity (Wildman–Crippen MR) is 49.5 cm³/mol. The maximum atomic E-state index is 9.55. The molecule has 0 unspecified atom stereocenters. The lowest BCUT2D eigenvalue weighted by Gasteiger charge is -2.07. The first-order chi connectivity index (χ1) is 5.83. The van der Waals surface area contributed by atoms with Crippen LogP contribution in [-0.2, 0) is 19.3 Å². The Hall–Kier alpha value is -0.980. The molecule has 0 radical (unpaired) electrons. The first kappa shape index (κ1) is 7.66. The molecule has 1 aliphatic rings. The Kier molecular flexibility index (Phi) is 1.80. The van der Waals surface area contributed by atoms with Crippen molar-refractivity contribution in [1.82, 2.24) is 0 Å². The minimum atomic E-state index is 0.500. The molecule has 1 nitrogen and oxygen atoms in total. The number of benzene rings is 1. The standard InChI is InChI=1S/C11H14O/c1-2-8-6-7-11(12)10-5-3-4-9(8)10/h6-7,12H,2-5H2,1H3. The molecule has 0 amide bonds. The van der Waals surface area contributed by atoms with Gasteiger partial charge in [0.25, 0.3) is 0 Å². The summed E-state index contributed by atoms with van der Waals surface area (Å²) < 4.78 is 0. The number of rotatable bonds is 1. The molecular formula is C11H14O. The molecule has 0 fully saturated rings. The van der Waals surface area contributed by atoms with E-state index < -0.39 is 0 Å². The molecule has 0 spiro atoms. The molecule has 1 heteroatoms. The smallest absolute Gasteiger partial charge is 0.119 e. The van der Waals surface area contributed by atoms with Gasteiger partial charge in [-0.2, -0.15) is 0 Å². The van der Waals surface area contributed by atoms with Gasteiger partial charge in [0.1, 0.15) is 5.75 Å². The van der Waals surface area contributed by atoms with E-state index in [4.69, 9.17) is 0 Å². The highest BCUT2D eigenvalue weighted by Gasteiger charge is 2.16. The summed E-state index contributed by atoms with van der Waals surface area (Å²) in [6, 6.07) is 3.89. The first-order valence-electron chi connectivity index (χ1n) is 4.65. The molecule has 0 heterocycles. The van der Waals surface area contributed by atoms with Crippen molar-refractivity contribution in [3.05, 3.63) is 28.8 Å². The van der Waals surface area contributed by atoms with Crippen molar-refractivity contribution in [3.8, 4) is 5.75 Å². The van der Waals surface area contributed by atoms with E-state index in [1.54, 1.807) is 0 Å². The van der Waals surface area contributed by atoms with Crippen LogP contribution in [0.25, 0.3) is 0 Å². The number of hydrogen-bond donors (Lipinski definition) is 1. The van der Waals surface area contributed by atoms with E-state index in [-0.39, 0.29) is 0 Å². The van der Waals surface area contributed by atoms with Crippen LogP contribution >= 0.6 is 0 Å². The molecule has 64 valence electrons. The zero-order chi connectivity index (χ0) is 8.55. The quantitative estimate of drug-likeness (QED) is 0.672. The van der Waals surface area contributed by atoms with Crippen molar-refractivity contribution in [2.75, 3.05) is 0 Å². The van der Waals surface area contributed by atoms with E-state index in [0.29, 0.717) is 5.75 Å². The molecule has 0 atom stereocenters. The van der Waals surface area contributed by atoms with E-state index in [2.05, 4.69) is 13.0 Å². The topological polar surface area (TPSA) is 20.2 Å². The molecule has 1 N–H and O–H groups in total. The van der Waals surface area contributed by atoms with Crippen molar-refractivity contribution < 1.29 is 5.11 Å². The fourth-order valence-electron chi connectivity index (χ4n) is 2.09. The Morgan fingerprint density at radius 2 is 2.00 bits per heavy atom. The molecule has 0 saturated heterocycles. The van der Waals surface area contributed by atoms with Gasteiger partial charge in [0.2, 0.25) is 0 Å². The fraction of sp³-hybridized carbons (Fsp3) is 0.455. The van der Waals surface area contributed by atoms with Gasteiger partial charge in [0, 0.05) is 0 Å². The fourth-order valence-corrected chi connectivity index (χ4v) is 2.09. The normalized spacial score (nSPS) is 14.8. The highest BCUT2D eigenvalue weighted by atomic mass is 16.3. The molecule has 1 aliphatic carbocycles. The van der Waals surface area contributed by atoms with Gasteiger partial charge in [-0.1, -0.05) is 13.0 Å². The van der Waals surface area contributed by atoms with Gasteiger partial charge in [-0.05, 0) is 48.4 Å². The van der Waals surface area contributed by atoms with Gasteiger partial charge < -0.3 is 5.11 Å². The average molecular weight is 162 g/mol. The van der Waals surface area contributed by atoms with Gasteiger partial charge in [-0.25, -0.2) is 0 Å². The Morgan fingerprint density at radius 3 is 2.75 bits per heavy atom. The Bertz CT molecular complexity index is 302. The molecule has 1 aromatic carbocycles. The first-order valence-corrected chi connectivity index (χ1v) is 4.65. The van der Waals surface area contributed by atoms with Crippen molar-refractivity contribution >= 4 is 0 Å². The average Bonchev–Trinajstić information content (AvgIpc) is 2.54. The number of aromatic hydroxyl groups is 1. The lowest BCUT2D eigenvalue weighted by molar-refractivity contribution is 0.469. The number of aryl methyl sites for hydroxylation is 1. The van der Waals surface area contributed by atoms with Crippen LogP contribution in [0.15, 0.2) is 12.1 Å². The minimum absolute atomic E-state index is 0.500. The van der Waals surface area contributed by atoms with Gasteiger partial charge >= 0.3 is 0 Å². The number of hydrogen-bond acceptors (Lipinski definition) is 1. The zero-order valence-corrected chi connectivity index (χ0v) is 7.43. The van der Waals surface area contributed by atoms with Crippen molar-refractivity contribution in [3.63, 3.8) is 0 Å². The van der Waals surface area contributed by atoms with Gasteiger partial charge in [-0.3, -0.25) is 0 Å². The third kappa shape index (κ3) is 1.01. The second kappa shape index (κ2) is 2.81. The molecule has 0 bridgehead atoms. The van der Waals surface area contributed by atoms with Crippen LogP contribution in [0.4, 0.5) is 0 Å². The Balaban J connectivity index is 2.57. The van der Waals surface area contributed by atoms with Crippen molar-refractivity contribution in [2.45, 2.75) is 32.6 Å². The lowest BCUT2D eigenvalue weighted by Crippen LogP contribution is -1.91. The third-order valence-corrected chi connectivity index (χ3v) is 2.74. The van der Waals surface area contributed by atoms with E-state index in [9.17, 15) is 5.11 Å². The lowest BCUT2D eigenvalue weighted by atomic mass is 10.0. The predicted octanol–water partition coefficient (Wildman–Crippen LogP) is 2.44. The molecule has 0 saturated carbocycles.